The molecule has 0 unspecified atom stereocenters. The van der Waals surface area contributed by atoms with Crippen molar-refractivity contribution in [3.8, 4) is 5.75 Å². The number of benzene rings is 2. The van der Waals surface area contributed by atoms with E-state index in [1.54, 1.807) is 12.1 Å². The molecule has 0 aliphatic heterocycles. The van der Waals surface area contributed by atoms with Gasteiger partial charge in [0.05, 0.1) is 0 Å². The Kier molecular flexibility index (Phi) is 4.87. The minimum Gasteiger partial charge on any atom is -0.406 e. The van der Waals surface area contributed by atoms with Gasteiger partial charge in [-0.3, -0.25) is 4.79 Å². The van der Waals surface area contributed by atoms with Gasteiger partial charge < -0.3 is 4.74 Å². The summed E-state index contributed by atoms with van der Waals surface area (Å²) >= 11 is 2.07. The molecule has 6 heteroatoms. The summed E-state index contributed by atoms with van der Waals surface area (Å²) in [6.45, 7) is 0. The Balaban J connectivity index is 2.07. The Morgan fingerprint density at radius 3 is 2.24 bits per heavy atom. The first-order valence-electron chi connectivity index (χ1n) is 5.97. The molecular formula is C15H10F3IO2. The van der Waals surface area contributed by atoms with Gasteiger partial charge in [0.2, 0.25) is 0 Å². The summed E-state index contributed by atoms with van der Waals surface area (Å²) in [6, 6.07) is 12.5. The van der Waals surface area contributed by atoms with Crippen molar-refractivity contribution in [2.75, 3.05) is 0 Å². The van der Waals surface area contributed by atoms with Crippen LogP contribution in [0, 0.1) is 3.57 Å². The van der Waals surface area contributed by atoms with Crippen LogP contribution in [0.3, 0.4) is 0 Å². The van der Waals surface area contributed by atoms with Gasteiger partial charge in [0, 0.05) is 15.6 Å². The maximum absolute atomic E-state index is 12.1. The Morgan fingerprint density at radius 1 is 1.05 bits per heavy atom. The van der Waals surface area contributed by atoms with Crippen LogP contribution in [-0.4, -0.2) is 12.1 Å². The lowest BCUT2D eigenvalue weighted by Gasteiger charge is -2.09. The molecule has 2 aromatic carbocycles. The number of halogens is 4. The first kappa shape index (κ1) is 15.8. The fourth-order valence-electron chi connectivity index (χ4n) is 1.78. The van der Waals surface area contributed by atoms with Crippen LogP contribution in [0.25, 0.3) is 0 Å². The monoisotopic (exact) mass is 406 g/mol. The van der Waals surface area contributed by atoms with E-state index in [-0.39, 0.29) is 18.0 Å². The van der Waals surface area contributed by atoms with Gasteiger partial charge in [-0.25, -0.2) is 0 Å². The first-order chi connectivity index (χ1) is 9.85. The van der Waals surface area contributed by atoms with Gasteiger partial charge in [-0.15, -0.1) is 13.2 Å². The first-order valence-corrected chi connectivity index (χ1v) is 7.05. The molecule has 2 rings (SSSR count). The molecule has 0 aliphatic carbocycles. The highest BCUT2D eigenvalue weighted by Gasteiger charge is 2.30. The van der Waals surface area contributed by atoms with E-state index in [2.05, 4.69) is 27.3 Å². The summed E-state index contributed by atoms with van der Waals surface area (Å²) in [6.07, 6.45) is -4.58. The summed E-state index contributed by atoms with van der Waals surface area (Å²) < 4.78 is 40.7. The van der Waals surface area contributed by atoms with Crippen molar-refractivity contribution in [3.05, 3.63) is 63.2 Å². The van der Waals surface area contributed by atoms with Gasteiger partial charge in [-0.1, -0.05) is 30.3 Å². The van der Waals surface area contributed by atoms with Crippen molar-refractivity contribution in [1.82, 2.24) is 0 Å². The summed E-state index contributed by atoms with van der Waals surface area (Å²) in [4.78, 5) is 12.1. The minimum atomic E-state index is -4.71. The SMILES string of the molecule is O=C(Cc1ccc(OC(F)(F)F)cc1)c1ccccc1I. The molecule has 0 spiro atoms. The van der Waals surface area contributed by atoms with Crippen LogP contribution in [0.2, 0.25) is 0 Å². The Labute approximate surface area is 133 Å². The number of carbonyl (C=O) groups is 1. The van der Waals surface area contributed by atoms with Crippen molar-refractivity contribution < 1.29 is 22.7 Å². The fraction of sp³-hybridized carbons (Fsp3) is 0.133. The summed E-state index contributed by atoms with van der Waals surface area (Å²) in [5.41, 5.74) is 1.24. The highest BCUT2D eigenvalue weighted by molar-refractivity contribution is 14.1. The zero-order valence-corrected chi connectivity index (χ0v) is 12.8. The average Bonchev–Trinajstić information content (AvgIpc) is 2.40. The molecule has 0 N–H and O–H groups in total. The van der Waals surface area contributed by atoms with Crippen molar-refractivity contribution >= 4 is 28.4 Å². The van der Waals surface area contributed by atoms with Crippen LogP contribution in [-0.2, 0) is 6.42 Å². The zero-order valence-electron chi connectivity index (χ0n) is 10.7. The predicted octanol–water partition coefficient (Wildman–Crippen LogP) is 4.62. The highest BCUT2D eigenvalue weighted by Crippen LogP contribution is 2.23. The van der Waals surface area contributed by atoms with Gasteiger partial charge in [0.15, 0.2) is 5.78 Å². The van der Waals surface area contributed by atoms with Gasteiger partial charge in [0.25, 0.3) is 0 Å². The molecule has 0 saturated heterocycles. The Bertz CT molecular complexity index is 636. The predicted molar refractivity (Wildman–Crippen MR) is 80.3 cm³/mol. The van der Waals surface area contributed by atoms with Crippen LogP contribution in [0.1, 0.15) is 15.9 Å². The van der Waals surface area contributed by atoms with E-state index in [1.165, 1.54) is 24.3 Å². The number of ketones is 1. The summed E-state index contributed by atoms with van der Waals surface area (Å²) in [5, 5.41) is 0. The molecule has 21 heavy (non-hydrogen) atoms. The lowest BCUT2D eigenvalue weighted by Crippen LogP contribution is -2.17. The van der Waals surface area contributed by atoms with Crippen LogP contribution in [0.5, 0.6) is 5.75 Å². The molecule has 0 radical (unpaired) electrons. The van der Waals surface area contributed by atoms with Crippen LogP contribution < -0.4 is 4.74 Å². The van der Waals surface area contributed by atoms with E-state index < -0.39 is 6.36 Å². The largest absolute Gasteiger partial charge is 0.573 e. The van der Waals surface area contributed by atoms with Crippen molar-refractivity contribution in [2.24, 2.45) is 0 Å². The van der Waals surface area contributed by atoms with Gasteiger partial charge in [0.1, 0.15) is 5.75 Å². The molecular weight excluding hydrogens is 396 g/mol. The summed E-state index contributed by atoms with van der Waals surface area (Å²) in [7, 11) is 0. The lowest BCUT2D eigenvalue weighted by atomic mass is 10.0. The van der Waals surface area contributed by atoms with Crippen molar-refractivity contribution in [2.45, 2.75) is 12.8 Å². The van der Waals surface area contributed by atoms with Crippen molar-refractivity contribution in [3.63, 3.8) is 0 Å². The minimum absolute atomic E-state index is 0.0792. The second-order valence-corrected chi connectivity index (χ2v) is 5.43. The normalized spacial score (nSPS) is 11.2. The maximum Gasteiger partial charge on any atom is 0.573 e. The van der Waals surface area contributed by atoms with Crippen LogP contribution in [0.4, 0.5) is 13.2 Å². The molecule has 0 heterocycles. The van der Waals surface area contributed by atoms with E-state index in [9.17, 15) is 18.0 Å². The number of carbonyl (C=O) groups excluding carboxylic acids is 1. The van der Waals surface area contributed by atoms with E-state index in [0.29, 0.717) is 11.1 Å². The number of hydrogen-bond donors (Lipinski definition) is 0. The fourth-order valence-corrected chi connectivity index (χ4v) is 2.47. The molecule has 0 amide bonds. The topological polar surface area (TPSA) is 26.3 Å². The lowest BCUT2D eigenvalue weighted by molar-refractivity contribution is -0.274. The third-order valence-corrected chi connectivity index (χ3v) is 3.64. The average molecular weight is 406 g/mol. The molecule has 2 aromatic rings. The number of rotatable bonds is 4. The number of ether oxygens (including phenoxy) is 1. The number of Topliss-reactive ketones (excluding diaryl/α,β-unsaturated/α-hetero) is 1. The van der Waals surface area contributed by atoms with Gasteiger partial charge in [-0.2, -0.15) is 0 Å². The second kappa shape index (κ2) is 6.46. The Morgan fingerprint density at radius 2 is 1.67 bits per heavy atom. The van der Waals surface area contributed by atoms with E-state index >= 15 is 0 Å². The van der Waals surface area contributed by atoms with Crippen LogP contribution >= 0.6 is 22.6 Å². The molecule has 0 atom stereocenters. The van der Waals surface area contributed by atoms with Gasteiger partial charge >= 0.3 is 6.36 Å². The van der Waals surface area contributed by atoms with E-state index in [0.717, 1.165) is 3.57 Å². The van der Waals surface area contributed by atoms with Gasteiger partial charge in [-0.05, 0) is 46.4 Å². The second-order valence-electron chi connectivity index (χ2n) is 4.27. The molecule has 0 saturated carbocycles. The number of hydrogen-bond acceptors (Lipinski definition) is 2. The molecule has 0 bridgehead atoms. The standard InChI is InChI=1S/C15H10F3IO2/c16-15(17,18)21-11-7-5-10(6-8-11)9-14(20)12-3-1-2-4-13(12)19/h1-8H,9H2. The molecule has 0 fully saturated rings. The molecule has 0 aromatic heterocycles. The zero-order chi connectivity index (χ0) is 15.5. The van der Waals surface area contributed by atoms with E-state index in [1.807, 2.05) is 12.1 Å². The van der Waals surface area contributed by atoms with E-state index in [4.69, 9.17) is 0 Å². The maximum atomic E-state index is 12.1. The number of alkyl halides is 3. The highest BCUT2D eigenvalue weighted by atomic mass is 127. The summed E-state index contributed by atoms with van der Waals surface area (Å²) in [5.74, 6) is -0.377. The third-order valence-electron chi connectivity index (χ3n) is 2.70. The van der Waals surface area contributed by atoms with Crippen LogP contribution in [0.15, 0.2) is 48.5 Å². The smallest absolute Gasteiger partial charge is 0.406 e. The Hall–Kier alpha value is -1.57. The molecule has 110 valence electrons. The van der Waals surface area contributed by atoms with Crippen molar-refractivity contribution in [1.29, 1.82) is 0 Å². The molecule has 2 nitrogen and oxygen atoms in total. The molecule has 0 aliphatic rings. The quantitative estimate of drug-likeness (QED) is 0.548. The third kappa shape index (κ3) is 4.73.